The zero-order valence-electron chi connectivity index (χ0n) is 21.7. The molecule has 0 bridgehead atoms. The lowest BCUT2D eigenvalue weighted by Crippen LogP contribution is -2.57. The molecule has 1 aromatic carbocycles. The van der Waals surface area contributed by atoms with Crippen molar-refractivity contribution in [2.45, 2.75) is 63.9 Å². The topological polar surface area (TPSA) is 91.4 Å². The van der Waals surface area contributed by atoms with E-state index in [4.69, 9.17) is 9.47 Å². The van der Waals surface area contributed by atoms with Crippen molar-refractivity contribution in [2.24, 2.45) is 5.41 Å². The molecular weight excluding hydrogens is 460 g/mol. The Bertz CT molecular complexity index is 994. The summed E-state index contributed by atoms with van der Waals surface area (Å²) in [6.45, 7) is 10.1. The van der Waals surface area contributed by atoms with Crippen LogP contribution in [0.1, 0.15) is 44.0 Å². The summed E-state index contributed by atoms with van der Waals surface area (Å²) >= 11 is 0. The van der Waals surface area contributed by atoms with E-state index < -0.39 is 23.6 Å². The minimum atomic E-state index is -0.801. The van der Waals surface area contributed by atoms with E-state index in [9.17, 15) is 14.4 Å². The van der Waals surface area contributed by atoms with Gasteiger partial charge in [0.15, 0.2) is 5.78 Å². The first-order valence-corrected chi connectivity index (χ1v) is 13.0. The predicted octanol–water partition coefficient (Wildman–Crippen LogP) is 1.31. The zero-order chi connectivity index (χ0) is 25.6. The Morgan fingerprint density at radius 2 is 1.75 bits per heavy atom. The molecule has 4 aliphatic rings. The summed E-state index contributed by atoms with van der Waals surface area (Å²) in [6, 6.07) is 6.94. The number of carbonyl (C=O) groups is 3. The highest BCUT2D eigenvalue weighted by Gasteiger charge is 2.54. The van der Waals surface area contributed by atoms with Crippen LogP contribution in [-0.2, 0) is 19.1 Å². The summed E-state index contributed by atoms with van der Waals surface area (Å²) in [5, 5.41) is 2.96. The number of nitrogens with zero attached hydrogens (tertiary/aromatic N) is 3. The Labute approximate surface area is 213 Å². The molecule has 0 aromatic heterocycles. The Morgan fingerprint density at radius 1 is 1.08 bits per heavy atom. The van der Waals surface area contributed by atoms with Crippen LogP contribution in [0, 0.1) is 5.41 Å². The number of nitrogens with one attached hydrogen (secondary N) is 1. The number of fused-ring (bicyclic) bond motifs is 1. The molecule has 4 atom stereocenters. The van der Waals surface area contributed by atoms with Gasteiger partial charge in [-0.1, -0.05) is 20.8 Å². The van der Waals surface area contributed by atoms with Crippen LogP contribution in [0.2, 0.25) is 0 Å². The van der Waals surface area contributed by atoms with Gasteiger partial charge in [-0.05, 0) is 42.5 Å². The van der Waals surface area contributed by atoms with E-state index in [1.807, 2.05) is 45.0 Å². The van der Waals surface area contributed by atoms with Gasteiger partial charge in [0.05, 0.1) is 6.54 Å². The number of amides is 2. The number of ketones is 1. The van der Waals surface area contributed by atoms with Crippen molar-refractivity contribution in [2.75, 3.05) is 51.3 Å². The van der Waals surface area contributed by atoms with Crippen LogP contribution >= 0.6 is 0 Å². The summed E-state index contributed by atoms with van der Waals surface area (Å²) in [4.78, 5) is 45.9. The first kappa shape index (κ1) is 25.2. The minimum Gasteiger partial charge on any atom is -0.377 e. The van der Waals surface area contributed by atoms with Crippen LogP contribution in [0.3, 0.4) is 0 Å². The number of ether oxygens (including phenoxy) is 2. The Hall–Kier alpha value is -2.49. The number of piperazine rings is 1. The summed E-state index contributed by atoms with van der Waals surface area (Å²) in [5.41, 5.74) is 1.06. The van der Waals surface area contributed by atoms with Gasteiger partial charge in [0.1, 0.15) is 30.9 Å². The Balaban J connectivity index is 1.25. The van der Waals surface area contributed by atoms with Gasteiger partial charge in [-0.15, -0.1) is 0 Å². The molecule has 9 nitrogen and oxygen atoms in total. The molecule has 196 valence electrons. The normalized spacial score (nSPS) is 27.8. The Kier molecular flexibility index (Phi) is 6.82. The molecule has 36 heavy (non-hydrogen) atoms. The highest BCUT2D eigenvalue weighted by molar-refractivity contribution is 5.99. The van der Waals surface area contributed by atoms with Crippen LogP contribution in [0.4, 0.5) is 5.69 Å². The first-order valence-electron chi connectivity index (χ1n) is 13.0. The van der Waals surface area contributed by atoms with E-state index in [2.05, 4.69) is 15.1 Å². The smallest absolute Gasteiger partial charge is 0.251 e. The van der Waals surface area contributed by atoms with Crippen molar-refractivity contribution in [3.8, 4) is 0 Å². The van der Waals surface area contributed by atoms with E-state index in [0.29, 0.717) is 5.56 Å². The first-order chi connectivity index (χ1) is 17.2. The molecule has 2 amide bonds. The summed E-state index contributed by atoms with van der Waals surface area (Å²) in [6.07, 6.45) is 1.84. The van der Waals surface area contributed by atoms with Crippen LogP contribution < -0.4 is 10.2 Å². The standard InChI is InChI=1S/C27H38N4O5/c1-27(2,3)24(26(34)31-15-21(35-4)23-22(31)20(32)16-36-23)28-25(33)17-5-7-18(8-6-17)29-11-13-30(14-12-29)19-9-10-19/h5-8,19,21-24H,9-16H2,1-4H3,(H,28,33)/t21-,22+,23+,24?/m0/s1. The van der Waals surface area contributed by atoms with Gasteiger partial charge in [-0.2, -0.15) is 0 Å². The molecule has 9 heteroatoms. The second-order valence-electron chi connectivity index (χ2n) is 11.5. The maximum atomic E-state index is 13.7. The van der Waals surface area contributed by atoms with Gasteiger partial charge in [0.2, 0.25) is 5.91 Å². The second kappa shape index (κ2) is 9.76. The number of likely N-dealkylation sites (tertiary alicyclic amines) is 1. The van der Waals surface area contributed by atoms with Crippen LogP contribution in [0.5, 0.6) is 0 Å². The molecule has 3 saturated heterocycles. The third-order valence-electron chi connectivity index (χ3n) is 7.98. The highest BCUT2D eigenvalue weighted by Crippen LogP contribution is 2.32. The molecule has 0 spiro atoms. The third-order valence-corrected chi connectivity index (χ3v) is 7.98. The van der Waals surface area contributed by atoms with Crippen LogP contribution in [-0.4, -0.2) is 104 Å². The predicted molar refractivity (Wildman–Crippen MR) is 135 cm³/mol. The van der Waals surface area contributed by atoms with Crippen molar-refractivity contribution < 1.29 is 23.9 Å². The van der Waals surface area contributed by atoms with E-state index in [-0.39, 0.29) is 36.9 Å². The molecule has 0 radical (unpaired) electrons. The number of anilines is 1. The van der Waals surface area contributed by atoms with Crippen molar-refractivity contribution in [1.82, 2.24) is 15.1 Å². The molecule has 1 unspecified atom stereocenters. The maximum Gasteiger partial charge on any atom is 0.251 e. The highest BCUT2D eigenvalue weighted by atomic mass is 16.5. The fraction of sp³-hybridized carbons (Fsp3) is 0.667. The number of benzene rings is 1. The fourth-order valence-electron chi connectivity index (χ4n) is 5.68. The van der Waals surface area contributed by atoms with E-state index in [0.717, 1.165) is 37.9 Å². The summed E-state index contributed by atoms with van der Waals surface area (Å²) < 4.78 is 11.1. The van der Waals surface area contributed by atoms with Gasteiger partial charge in [0, 0.05) is 50.6 Å². The monoisotopic (exact) mass is 498 g/mol. The van der Waals surface area contributed by atoms with Crippen LogP contribution in [0.15, 0.2) is 24.3 Å². The quantitative estimate of drug-likeness (QED) is 0.632. The van der Waals surface area contributed by atoms with Crippen molar-refractivity contribution >= 4 is 23.3 Å². The third kappa shape index (κ3) is 4.88. The van der Waals surface area contributed by atoms with Crippen molar-refractivity contribution in [3.63, 3.8) is 0 Å². The second-order valence-corrected chi connectivity index (χ2v) is 11.5. The summed E-state index contributed by atoms with van der Waals surface area (Å²) in [5.74, 6) is -0.712. The molecule has 5 rings (SSSR count). The molecular formula is C27H38N4O5. The zero-order valence-corrected chi connectivity index (χ0v) is 21.7. The molecule has 4 fully saturated rings. The SMILES string of the molecule is CO[C@H]1CN(C(=O)C(NC(=O)c2ccc(N3CCN(C4CC4)CC3)cc2)C(C)(C)C)[C@@H]2C(=O)CO[C@H]12. The van der Waals surface area contributed by atoms with Gasteiger partial charge < -0.3 is 24.6 Å². The molecule has 1 aromatic rings. The van der Waals surface area contributed by atoms with E-state index >= 15 is 0 Å². The number of rotatable bonds is 6. The van der Waals surface area contributed by atoms with Gasteiger partial charge >= 0.3 is 0 Å². The number of hydrogen-bond donors (Lipinski definition) is 1. The van der Waals surface area contributed by atoms with Crippen molar-refractivity contribution in [1.29, 1.82) is 0 Å². The molecule has 3 heterocycles. The maximum absolute atomic E-state index is 13.7. The molecule has 1 aliphatic carbocycles. The lowest BCUT2D eigenvalue weighted by atomic mass is 9.85. The number of carbonyl (C=O) groups excluding carboxylic acids is 3. The molecule has 1 N–H and O–H groups in total. The average Bonchev–Trinajstić information content (AvgIpc) is 3.55. The fourth-order valence-corrected chi connectivity index (χ4v) is 5.68. The summed E-state index contributed by atoms with van der Waals surface area (Å²) in [7, 11) is 1.56. The number of Topliss-reactive ketones (excluding diaryl/α,β-unsaturated/α-hetero) is 1. The van der Waals surface area contributed by atoms with Crippen LogP contribution in [0.25, 0.3) is 0 Å². The number of methoxy groups -OCH3 is 1. The minimum absolute atomic E-state index is 0.0203. The lowest BCUT2D eigenvalue weighted by Gasteiger charge is -2.36. The average molecular weight is 499 g/mol. The van der Waals surface area contributed by atoms with E-state index in [1.54, 1.807) is 7.11 Å². The Morgan fingerprint density at radius 3 is 2.33 bits per heavy atom. The van der Waals surface area contributed by atoms with E-state index in [1.165, 1.54) is 17.7 Å². The number of hydrogen-bond acceptors (Lipinski definition) is 7. The van der Waals surface area contributed by atoms with Gasteiger partial charge in [0.25, 0.3) is 5.91 Å². The molecule has 3 aliphatic heterocycles. The molecule has 1 saturated carbocycles. The van der Waals surface area contributed by atoms with Gasteiger partial charge in [-0.3, -0.25) is 19.3 Å². The largest absolute Gasteiger partial charge is 0.377 e. The van der Waals surface area contributed by atoms with Gasteiger partial charge in [-0.25, -0.2) is 0 Å². The van der Waals surface area contributed by atoms with Crippen molar-refractivity contribution in [3.05, 3.63) is 29.8 Å². The lowest BCUT2D eigenvalue weighted by molar-refractivity contribution is -0.140.